The summed E-state index contributed by atoms with van der Waals surface area (Å²) < 4.78 is 9.45. The van der Waals surface area contributed by atoms with E-state index in [-0.39, 0.29) is 0 Å². The van der Waals surface area contributed by atoms with Gasteiger partial charge in [-0.15, -0.1) is 0 Å². The Morgan fingerprint density at radius 1 is 1.00 bits per heavy atom. The average Bonchev–Trinajstić information content (AvgIpc) is 2.02. The fourth-order valence-electron chi connectivity index (χ4n) is 0.569. The van der Waals surface area contributed by atoms with E-state index < -0.39 is 18.0 Å². The largest absolute Gasteiger partial charge is 0.410 e. The first-order chi connectivity index (χ1) is 5.91. The molecule has 2 amide bonds. The second kappa shape index (κ2) is 4.54. The van der Waals surface area contributed by atoms with Gasteiger partial charge >= 0.3 is 12.2 Å². The van der Waals surface area contributed by atoms with Crippen LogP contribution in [0.4, 0.5) is 9.59 Å². The lowest BCUT2D eigenvalue weighted by Gasteiger charge is -2.24. The summed E-state index contributed by atoms with van der Waals surface area (Å²) in [4.78, 5) is 21.5. The van der Waals surface area contributed by atoms with E-state index in [1.807, 2.05) is 0 Å². The Balaban J connectivity index is 4.07. The molecule has 0 aliphatic heterocycles. The van der Waals surface area contributed by atoms with Gasteiger partial charge in [0.05, 0.1) is 0 Å². The zero-order valence-corrected chi connectivity index (χ0v) is 8.13. The number of hydrogen-bond donors (Lipinski definition) is 2. The van der Waals surface area contributed by atoms with Crippen LogP contribution in [0.2, 0.25) is 0 Å². The highest BCUT2D eigenvalue weighted by Crippen LogP contribution is 2.10. The lowest BCUT2D eigenvalue weighted by Crippen LogP contribution is -2.39. The highest BCUT2D eigenvalue weighted by molar-refractivity contribution is 5.69. The van der Waals surface area contributed by atoms with Gasteiger partial charge in [-0.1, -0.05) is 0 Å². The topological polar surface area (TPSA) is 76.7 Å². The Morgan fingerprint density at radius 3 is 1.54 bits per heavy atom. The first-order valence-corrected chi connectivity index (χ1v) is 3.72. The second-order valence-corrected chi connectivity index (χ2v) is 2.68. The molecular formula is C7H14N2O4. The van der Waals surface area contributed by atoms with Crippen LogP contribution in [0.25, 0.3) is 0 Å². The number of carbonyl (C=O) groups excluding carboxylic acids is 2. The van der Waals surface area contributed by atoms with Crippen molar-refractivity contribution in [3.05, 3.63) is 0 Å². The van der Waals surface area contributed by atoms with Crippen LogP contribution >= 0.6 is 0 Å². The first-order valence-electron chi connectivity index (χ1n) is 3.72. The molecule has 0 aromatic rings. The van der Waals surface area contributed by atoms with Gasteiger partial charge in [-0.2, -0.15) is 0 Å². The third-order valence-corrected chi connectivity index (χ3v) is 1.09. The molecule has 6 heteroatoms. The van der Waals surface area contributed by atoms with Gasteiger partial charge in [-0.05, 0) is 0 Å². The number of rotatable bonds is 2. The molecular weight excluding hydrogens is 176 g/mol. The van der Waals surface area contributed by atoms with Crippen molar-refractivity contribution in [2.45, 2.75) is 19.6 Å². The van der Waals surface area contributed by atoms with Crippen LogP contribution in [0.5, 0.6) is 0 Å². The predicted octanol–water partition coefficient (Wildman–Crippen LogP) is 0.434. The van der Waals surface area contributed by atoms with Crippen molar-refractivity contribution in [1.82, 2.24) is 10.6 Å². The number of alkyl carbamates (subject to hydrolysis) is 2. The SMILES string of the molecule is CNC(=O)OC(C)(C)OC(=O)NC. The summed E-state index contributed by atoms with van der Waals surface area (Å²) in [5.74, 6) is -1.28. The third kappa shape index (κ3) is 4.89. The van der Waals surface area contributed by atoms with Crippen molar-refractivity contribution in [1.29, 1.82) is 0 Å². The monoisotopic (exact) mass is 190 g/mol. The predicted molar refractivity (Wildman–Crippen MR) is 45.2 cm³/mol. The molecule has 0 aromatic heterocycles. The van der Waals surface area contributed by atoms with E-state index in [1.165, 1.54) is 27.9 Å². The Labute approximate surface area is 76.6 Å². The second-order valence-electron chi connectivity index (χ2n) is 2.68. The molecule has 0 aliphatic carbocycles. The van der Waals surface area contributed by atoms with E-state index in [0.717, 1.165) is 0 Å². The van der Waals surface area contributed by atoms with E-state index in [9.17, 15) is 9.59 Å². The molecule has 0 aliphatic rings. The smallest absolute Gasteiger partial charge is 0.407 e. The summed E-state index contributed by atoms with van der Waals surface area (Å²) in [5, 5.41) is 4.48. The van der Waals surface area contributed by atoms with Gasteiger partial charge in [0.25, 0.3) is 5.79 Å². The molecule has 0 heterocycles. The number of hydrogen-bond acceptors (Lipinski definition) is 4. The van der Waals surface area contributed by atoms with Gasteiger partial charge < -0.3 is 20.1 Å². The number of ether oxygens (including phenoxy) is 2. The Kier molecular flexibility index (Phi) is 4.03. The van der Waals surface area contributed by atoms with Crippen LogP contribution < -0.4 is 10.6 Å². The van der Waals surface area contributed by atoms with E-state index in [0.29, 0.717) is 0 Å². The normalized spacial score (nSPS) is 10.2. The number of carbonyl (C=O) groups is 2. The Morgan fingerprint density at radius 2 is 1.31 bits per heavy atom. The van der Waals surface area contributed by atoms with Gasteiger partial charge in [0.15, 0.2) is 0 Å². The fraction of sp³-hybridized carbons (Fsp3) is 0.714. The number of amides is 2. The molecule has 0 fully saturated rings. The van der Waals surface area contributed by atoms with Crippen LogP contribution in [0.3, 0.4) is 0 Å². The van der Waals surface area contributed by atoms with Crippen molar-refractivity contribution in [2.24, 2.45) is 0 Å². The Hall–Kier alpha value is -1.46. The minimum Gasteiger partial charge on any atom is -0.407 e. The lowest BCUT2D eigenvalue weighted by atomic mass is 10.4. The van der Waals surface area contributed by atoms with Gasteiger partial charge in [0, 0.05) is 27.9 Å². The molecule has 0 spiro atoms. The van der Waals surface area contributed by atoms with Crippen molar-refractivity contribution in [3.63, 3.8) is 0 Å². The molecule has 6 nitrogen and oxygen atoms in total. The number of nitrogens with one attached hydrogen (secondary N) is 2. The van der Waals surface area contributed by atoms with Crippen LogP contribution in [0.1, 0.15) is 13.8 Å². The highest BCUT2D eigenvalue weighted by Gasteiger charge is 2.26. The first kappa shape index (κ1) is 11.5. The Bertz CT molecular complexity index is 183. The van der Waals surface area contributed by atoms with Crippen molar-refractivity contribution in [2.75, 3.05) is 14.1 Å². The van der Waals surface area contributed by atoms with Crippen LogP contribution in [0, 0.1) is 0 Å². The van der Waals surface area contributed by atoms with Crippen molar-refractivity contribution in [3.8, 4) is 0 Å². The van der Waals surface area contributed by atoms with Gasteiger partial charge in [0.1, 0.15) is 0 Å². The van der Waals surface area contributed by atoms with Crippen LogP contribution in [-0.2, 0) is 9.47 Å². The van der Waals surface area contributed by atoms with E-state index in [4.69, 9.17) is 9.47 Å². The molecule has 2 N–H and O–H groups in total. The molecule has 0 unspecified atom stereocenters. The molecule has 0 atom stereocenters. The molecule has 0 saturated carbocycles. The third-order valence-electron chi connectivity index (χ3n) is 1.09. The summed E-state index contributed by atoms with van der Waals surface area (Å²) in [6, 6.07) is 0. The molecule has 0 aromatic carbocycles. The zero-order valence-electron chi connectivity index (χ0n) is 8.13. The van der Waals surface area contributed by atoms with Crippen LogP contribution in [0.15, 0.2) is 0 Å². The molecule has 13 heavy (non-hydrogen) atoms. The zero-order chi connectivity index (χ0) is 10.5. The maximum absolute atomic E-state index is 10.8. The van der Waals surface area contributed by atoms with Gasteiger partial charge in [-0.3, -0.25) is 0 Å². The maximum atomic E-state index is 10.8. The molecule has 0 radical (unpaired) electrons. The quantitative estimate of drug-likeness (QED) is 0.619. The molecule has 0 rings (SSSR count). The van der Waals surface area contributed by atoms with E-state index >= 15 is 0 Å². The van der Waals surface area contributed by atoms with E-state index in [2.05, 4.69) is 10.6 Å². The standard InChI is InChI=1S/C7H14N2O4/c1-7(2,12-5(10)8-3)13-6(11)9-4/h1-4H3,(H,8,10)(H,9,11). The summed E-state index contributed by atoms with van der Waals surface area (Å²) in [6.45, 7) is 2.91. The lowest BCUT2D eigenvalue weighted by molar-refractivity contribution is -0.133. The fourth-order valence-corrected chi connectivity index (χ4v) is 0.569. The van der Waals surface area contributed by atoms with Crippen molar-refractivity contribution < 1.29 is 19.1 Å². The molecule has 0 saturated heterocycles. The molecule has 76 valence electrons. The van der Waals surface area contributed by atoms with Crippen LogP contribution in [-0.4, -0.2) is 32.1 Å². The van der Waals surface area contributed by atoms with Gasteiger partial charge in [0.2, 0.25) is 0 Å². The summed E-state index contributed by atoms with van der Waals surface area (Å²) in [7, 11) is 2.83. The van der Waals surface area contributed by atoms with Crippen molar-refractivity contribution >= 4 is 12.2 Å². The highest BCUT2D eigenvalue weighted by atomic mass is 16.7. The minimum atomic E-state index is -1.28. The van der Waals surface area contributed by atoms with E-state index in [1.54, 1.807) is 0 Å². The summed E-state index contributed by atoms with van der Waals surface area (Å²) in [5.41, 5.74) is 0. The van der Waals surface area contributed by atoms with Gasteiger partial charge in [-0.25, -0.2) is 9.59 Å². The molecule has 0 bridgehead atoms. The maximum Gasteiger partial charge on any atom is 0.410 e. The summed E-state index contributed by atoms with van der Waals surface area (Å²) in [6.07, 6.45) is -1.32. The minimum absolute atomic E-state index is 0.658. The summed E-state index contributed by atoms with van der Waals surface area (Å²) >= 11 is 0. The average molecular weight is 190 g/mol.